The van der Waals surface area contributed by atoms with Crippen LogP contribution in [0.1, 0.15) is 18.1 Å². The molecule has 0 saturated heterocycles. The lowest BCUT2D eigenvalue weighted by Gasteiger charge is -2.10. The van der Waals surface area contributed by atoms with E-state index in [1.54, 1.807) is 7.11 Å². The highest BCUT2D eigenvalue weighted by Gasteiger charge is 2.04. The van der Waals surface area contributed by atoms with Gasteiger partial charge in [0.2, 0.25) is 5.91 Å². The molecule has 0 bridgehead atoms. The second-order valence-corrected chi connectivity index (χ2v) is 4.20. The molecule has 4 heteroatoms. The van der Waals surface area contributed by atoms with E-state index in [2.05, 4.69) is 16.7 Å². The Labute approximate surface area is 109 Å². The zero-order valence-corrected chi connectivity index (χ0v) is 11.4. The Hall–Kier alpha value is -1.55. The number of hydrogen-bond acceptors (Lipinski definition) is 3. The van der Waals surface area contributed by atoms with Crippen LogP contribution in [0.25, 0.3) is 0 Å². The van der Waals surface area contributed by atoms with Crippen LogP contribution < -0.4 is 15.4 Å². The summed E-state index contributed by atoms with van der Waals surface area (Å²) in [6.45, 7) is 5.84. The first-order valence-corrected chi connectivity index (χ1v) is 6.28. The normalized spacial score (nSPS) is 10.2. The molecule has 0 aliphatic rings. The lowest BCUT2D eigenvalue weighted by molar-refractivity contribution is -0.120. The van der Waals surface area contributed by atoms with E-state index in [0.29, 0.717) is 13.1 Å². The molecule has 0 heterocycles. The highest BCUT2D eigenvalue weighted by molar-refractivity contribution is 5.77. The van der Waals surface area contributed by atoms with E-state index in [1.807, 2.05) is 26.0 Å². The van der Waals surface area contributed by atoms with Gasteiger partial charge in [-0.05, 0) is 31.5 Å². The number of likely N-dealkylation sites (N-methyl/N-ethyl adjacent to an activating group) is 1. The molecule has 0 aromatic heterocycles. The first kappa shape index (κ1) is 14.5. The topological polar surface area (TPSA) is 50.4 Å². The summed E-state index contributed by atoms with van der Waals surface area (Å²) >= 11 is 0. The average molecular weight is 250 g/mol. The van der Waals surface area contributed by atoms with Crippen LogP contribution in [0.2, 0.25) is 0 Å². The number of hydrogen-bond donors (Lipinski definition) is 2. The smallest absolute Gasteiger partial charge is 0.233 e. The zero-order valence-electron chi connectivity index (χ0n) is 11.4. The molecule has 0 aliphatic heterocycles. The van der Waals surface area contributed by atoms with Crippen LogP contribution in [0.3, 0.4) is 0 Å². The second-order valence-electron chi connectivity index (χ2n) is 4.20. The van der Waals surface area contributed by atoms with Gasteiger partial charge in [0.05, 0.1) is 13.7 Å². The van der Waals surface area contributed by atoms with Gasteiger partial charge in [-0.15, -0.1) is 0 Å². The molecular formula is C14H22N2O2. The van der Waals surface area contributed by atoms with Crippen molar-refractivity contribution in [2.45, 2.75) is 20.3 Å². The lowest BCUT2D eigenvalue weighted by Crippen LogP contribution is -2.34. The molecule has 1 aromatic carbocycles. The third-order valence-corrected chi connectivity index (χ3v) is 2.69. The van der Waals surface area contributed by atoms with Gasteiger partial charge in [0, 0.05) is 6.54 Å². The van der Waals surface area contributed by atoms with E-state index in [0.717, 1.165) is 24.3 Å². The number of rotatable bonds is 7. The standard InChI is InChI=1S/C14H22N2O2/c1-4-15-10-14(17)16-8-7-12-9-11(2)5-6-13(12)18-3/h5-6,9,15H,4,7-8,10H2,1-3H3,(H,16,17). The number of carbonyl (C=O) groups is 1. The summed E-state index contributed by atoms with van der Waals surface area (Å²) in [6.07, 6.45) is 0.780. The van der Waals surface area contributed by atoms with Crippen LogP contribution in [-0.2, 0) is 11.2 Å². The quantitative estimate of drug-likeness (QED) is 0.766. The minimum absolute atomic E-state index is 0.0310. The third kappa shape index (κ3) is 4.75. The third-order valence-electron chi connectivity index (χ3n) is 2.69. The highest BCUT2D eigenvalue weighted by atomic mass is 16.5. The maximum atomic E-state index is 11.4. The van der Waals surface area contributed by atoms with Gasteiger partial charge in [-0.3, -0.25) is 4.79 Å². The highest BCUT2D eigenvalue weighted by Crippen LogP contribution is 2.19. The molecule has 100 valence electrons. The number of nitrogens with one attached hydrogen (secondary N) is 2. The molecule has 0 saturated carbocycles. The van der Waals surface area contributed by atoms with E-state index in [4.69, 9.17) is 4.74 Å². The molecule has 0 spiro atoms. The van der Waals surface area contributed by atoms with Crippen molar-refractivity contribution in [3.05, 3.63) is 29.3 Å². The van der Waals surface area contributed by atoms with Gasteiger partial charge >= 0.3 is 0 Å². The van der Waals surface area contributed by atoms with Gasteiger partial charge in [-0.1, -0.05) is 24.6 Å². The predicted molar refractivity (Wildman–Crippen MR) is 73.0 cm³/mol. The number of aryl methyl sites for hydroxylation is 1. The van der Waals surface area contributed by atoms with Crippen molar-refractivity contribution in [1.82, 2.24) is 10.6 Å². The van der Waals surface area contributed by atoms with E-state index in [1.165, 1.54) is 5.56 Å². The number of ether oxygens (including phenoxy) is 1. The first-order chi connectivity index (χ1) is 8.67. The van der Waals surface area contributed by atoms with Crippen molar-refractivity contribution in [2.24, 2.45) is 0 Å². The Balaban J connectivity index is 2.43. The SMILES string of the molecule is CCNCC(=O)NCCc1cc(C)ccc1OC. The van der Waals surface area contributed by atoms with Crippen LogP contribution in [0.4, 0.5) is 0 Å². The van der Waals surface area contributed by atoms with Crippen LogP contribution in [0, 0.1) is 6.92 Å². The summed E-state index contributed by atoms with van der Waals surface area (Å²) in [5.41, 5.74) is 2.33. The molecule has 0 unspecified atom stereocenters. The molecule has 2 N–H and O–H groups in total. The maximum Gasteiger partial charge on any atom is 0.233 e. The van der Waals surface area contributed by atoms with Crippen LogP contribution in [0.5, 0.6) is 5.75 Å². The number of methoxy groups -OCH3 is 1. The molecule has 4 nitrogen and oxygen atoms in total. The maximum absolute atomic E-state index is 11.4. The van der Waals surface area contributed by atoms with Gasteiger partial charge in [-0.2, -0.15) is 0 Å². The Bertz CT molecular complexity index is 391. The van der Waals surface area contributed by atoms with Crippen molar-refractivity contribution < 1.29 is 9.53 Å². The van der Waals surface area contributed by atoms with Gasteiger partial charge in [-0.25, -0.2) is 0 Å². The van der Waals surface area contributed by atoms with Gasteiger partial charge in [0.15, 0.2) is 0 Å². The number of benzene rings is 1. The van der Waals surface area contributed by atoms with Crippen molar-refractivity contribution in [1.29, 1.82) is 0 Å². The Morgan fingerprint density at radius 3 is 2.83 bits per heavy atom. The molecule has 0 aliphatic carbocycles. The van der Waals surface area contributed by atoms with Crippen molar-refractivity contribution in [3.63, 3.8) is 0 Å². The Morgan fingerprint density at radius 1 is 1.39 bits per heavy atom. The van der Waals surface area contributed by atoms with Crippen LogP contribution in [-0.4, -0.2) is 32.7 Å². The Morgan fingerprint density at radius 2 is 2.17 bits per heavy atom. The summed E-state index contributed by atoms with van der Waals surface area (Å²) in [7, 11) is 1.66. The number of carbonyl (C=O) groups excluding carboxylic acids is 1. The minimum atomic E-state index is 0.0310. The minimum Gasteiger partial charge on any atom is -0.496 e. The molecule has 18 heavy (non-hydrogen) atoms. The van der Waals surface area contributed by atoms with Gasteiger partial charge in [0.25, 0.3) is 0 Å². The van der Waals surface area contributed by atoms with E-state index >= 15 is 0 Å². The molecule has 1 aromatic rings. The summed E-state index contributed by atoms with van der Waals surface area (Å²) < 4.78 is 5.30. The predicted octanol–water partition coefficient (Wildman–Crippen LogP) is 1.27. The molecule has 0 atom stereocenters. The lowest BCUT2D eigenvalue weighted by atomic mass is 10.1. The molecule has 0 fully saturated rings. The Kier molecular flexibility index (Phi) is 6.22. The summed E-state index contributed by atoms with van der Waals surface area (Å²) in [5.74, 6) is 0.907. The van der Waals surface area contributed by atoms with Crippen LogP contribution in [0.15, 0.2) is 18.2 Å². The van der Waals surface area contributed by atoms with E-state index in [-0.39, 0.29) is 5.91 Å². The molecule has 0 radical (unpaired) electrons. The monoisotopic (exact) mass is 250 g/mol. The van der Waals surface area contributed by atoms with E-state index < -0.39 is 0 Å². The fourth-order valence-electron chi connectivity index (χ4n) is 1.74. The van der Waals surface area contributed by atoms with Crippen LogP contribution >= 0.6 is 0 Å². The second kappa shape index (κ2) is 7.71. The molecular weight excluding hydrogens is 228 g/mol. The van der Waals surface area contributed by atoms with Gasteiger partial charge < -0.3 is 15.4 Å². The summed E-state index contributed by atoms with van der Waals surface area (Å²) in [6, 6.07) is 6.08. The van der Waals surface area contributed by atoms with Crippen molar-refractivity contribution >= 4 is 5.91 Å². The first-order valence-electron chi connectivity index (χ1n) is 6.28. The average Bonchev–Trinajstić information content (AvgIpc) is 2.36. The fraction of sp³-hybridized carbons (Fsp3) is 0.500. The largest absolute Gasteiger partial charge is 0.496 e. The zero-order chi connectivity index (χ0) is 13.4. The number of amides is 1. The van der Waals surface area contributed by atoms with Crippen molar-refractivity contribution in [3.8, 4) is 5.75 Å². The fourth-order valence-corrected chi connectivity index (χ4v) is 1.74. The van der Waals surface area contributed by atoms with E-state index in [9.17, 15) is 4.79 Å². The summed E-state index contributed by atoms with van der Waals surface area (Å²) in [4.78, 5) is 11.4. The summed E-state index contributed by atoms with van der Waals surface area (Å²) in [5, 5.41) is 5.87. The van der Waals surface area contributed by atoms with Crippen molar-refractivity contribution in [2.75, 3.05) is 26.7 Å². The van der Waals surface area contributed by atoms with Gasteiger partial charge in [0.1, 0.15) is 5.75 Å². The molecule has 1 rings (SSSR count). The molecule has 1 amide bonds.